The maximum absolute atomic E-state index is 12.1. The van der Waals surface area contributed by atoms with Gasteiger partial charge in [-0.25, -0.2) is 14.8 Å². The molecule has 2 heterocycles. The first-order valence-corrected chi connectivity index (χ1v) is 9.57. The minimum absolute atomic E-state index is 0.0213. The number of aromatic hydroxyl groups is 1. The number of oxazole rings is 1. The first-order chi connectivity index (χ1) is 13.2. The number of carbonyl (C=O) groups is 1. The highest BCUT2D eigenvalue weighted by Gasteiger charge is 2.18. The lowest BCUT2D eigenvalue weighted by Gasteiger charge is -2.12. The fourth-order valence-corrected chi connectivity index (χ4v) is 3.08. The molecule has 146 valence electrons. The average molecular weight is 419 g/mol. The molecule has 0 bridgehead atoms. The third-order valence-electron chi connectivity index (χ3n) is 3.60. The van der Waals surface area contributed by atoms with Crippen molar-refractivity contribution in [3.05, 3.63) is 52.1 Å². The van der Waals surface area contributed by atoms with Crippen LogP contribution in [0.2, 0.25) is 5.02 Å². The van der Waals surface area contributed by atoms with E-state index >= 15 is 0 Å². The Bertz CT molecular complexity index is 1020. The Morgan fingerprint density at radius 1 is 1.21 bits per heavy atom. The van der Waals surface area contributed by atoms with Crippen molar-refractivity contribution in [3.8, 4) is 5.75 Å². The first kappa shape index (κ1) is 19.9. The van der Waals surface area contributed by atoms with Crippen LogP contribution >= 0.6 is 22.9 Å². The Kier molecular flexibility index (Phi) is 5.71. The molecular formula is C19H19ClN4O3S. The Balaban J connectivity index is 1.60. The number of nitrogens with zero attached hydrogens (tertiary/aromatic N) is 2. The van der Waals surface area contributed by atoms with Crippen molar-refractivity contribution in [1.82, 2.24) is 9.97 Å². The average Bonchev–Trinajstić information content (AvgIpc) is 3.24. The largest absolute Gasteiger partial charge is 0.508 e. The zero-order chi connectivity index (χ0) is 20.3. The Morgan fingerprint density at radius 2 is 2.00 bits per heavy atom. The van der Waals surface area contributed by atoms with Crippen molar-refractivity contribution < 1.29 is 14.3 Å². The molecule has 0 radical (unpaired) electrons. The number of amides is 2. The van der Waals surface area contributed by atoms with E-state index in [0.29, 0.717) is 16.7 Å². The van der Waals surface area contributed by atoms with Crippen LogP contribution in [-0.2, 0) is 5.41 Å². The van der Waals surface area contributed by atoms with E-state index in [1.54, 1.807) is 18.5 Å². The molecule has 0 aliphatic rings. The predicted molar refractivity (Wildman–Crippen MR) is 112 cm³/mol. The lowest BCUT2D eigenvalue weighted by Crippen LogP contribution is -2.19. The highest BCUT2D eigenvalue weighted by Crippen LogP contribution is 2.27. The summed E-state index contributed by atoms with van der Waals surface area (Å²) in [6.45, 7) is 6.16. The van der Waals surface area contributed by atoms with E-state index in [4.69, 9.17) is 16.0 Å². The van der Waals surface area contributed by atoms with Gasteiger partial charge in [0.1, 0.15) is 11.5 Å². The SMILES string of the molecule is CC(C)(C)c1cnc(/C=C/c2cnc(NC(=O)Nc3ccc(O)cc3Cl)s2)o1. The maximum atomic E-state index is 12.1. The van der Waals surface area contributed by atoms with Crippen molar-refractivity contribution >= 4 is 51.9 Å². The molecule has 0 aliphatic carbocycles. The number of aromatic nitrogens is 2. The van der Waals surface area contributed by atoms with Crippen LogP contribution in [0.5, 0.6) is 5.75 Å². The second-order valence-corrected chi connectivity index (χ2v) is 8.43. The van der Waals surface area contributed by atoms with E-state index in [2.05, 4.69) is 41.4 Å². The number of urea groups is 1. The maximum Gasteiger partial charge on any atom is 0.325 e. The molecule has 2 aromatic heterocycles. The molecule has 3 rings (SSSR count). The van der Waals surface area contributed by atoms with Crippen LogP contribution in [0, 0.1) is 0 Å². The number of carbonyl (C=O) groups excluding carboxylic acids is 1. The number of phenolic OH excluding ortho intramolecular Hbond substituents is 1. The van der Waals surface area contributed by atoms with Gasteiger partial charge in [0.15, 0.2) is 5.13 Å². The molecule has 2 amide bonds. The van der Waals surface area contributed by atoms with E-state index in [-0.39, 0.29) is 16.2 Å². The van der Waals surface area contributed by atoms with E-state index < -0.39 is 6.03 Å². The number of rotatable bonds is 4. The van der Waals surface area contributed by atoms with E-state index in [1.165, 1.54) is 29.5 Å². The van der Waals surface area contributed by atoms with Gasteiger partial charge in [0.25, 0.3) is 0 Å². The molecule has 0 aliphatic heterocycles. The van der Waals surface area contributed by atoms with Gasteiger partial charge in [0.05, 0.1) is 16.9 Å². The molecule has 1 aromatic carbocycles. The van der Waals surface area contributed by atoms with Crippen LogP contribution in [0.3, 0.4) is 0 Å². The summed E-state index contributed by atoms with van der Waals surface area (Å²) < 4.78 is 5.70. The van der Waals surface area contributed by atoms with E-state index in [0.717, 1.165) is 10.6 Å². The summed E-state index contributed by atoms with van der Waals surface area (Å²) in [7, 11) is 0. The summed E-state index contributed by atoms with van der Waals surface area (Å²) in [5, 5.41) is 15.2. The normalized spacial score (nSPS) is 11.7. The molecular weight excluding hydrogens is 400 g/mol. The zero-order valence-corrected chi connectivity index (χ0v) is 17.1. The highest BCUT2D eigenvalue weighted by atomic mass is 35.5. The van der Waals surface area contributed by atoms with Gasteiger partial charge in [-0.2, -0.15) is 0 Å². The summed E-state index contributed by atoms with van der Waals surface area (Å²) in [6, 6.07) is 3.80. The molecule has 3 N–H and O–H groups in total. The summed E-state index contributed by atoms with van der Waals surface area (Å²) >= 11 is 7.27. The fourth-order valence-electron chi connectivity index (χ4n) is 2.14. The summed E-state index contributed by atoms with van der Waals surface area (Å²) in [5.41, 5.74) is 0.279. The zero-order valence-electron chi connectivity index (χ0n) is 15.5. The molecule has 0 unspecified atom stereocenters. The smallest absolute Gasteiger partial charge is 0.325 e. The van der Waals surface area contributed by atoms with Gasteiger partial charge in [-0.1, -0.05) is 43.7 Å². The highest BCUT2D eigenvalue weighted by molar-refractivity contribution is 7.16. The van der Waals surface area contributed by atoms with Crippen molar-refractivity contribution in [2.75, 3.05) is 10.6 Å². The third-order valence-corrected chi connectivity index (χ3v) is 4.79. The number of phenols is 1. The van der Waals surface area contributed by atoms with Gasteiger partial charge >= 0.3 is 6.03 Å². The van der Waals surface area contributed by atoms with Gasteiger partial charge < -0.3 is 14.8 Å². The van der Waals surface area contributed by atoms with Crippen molar-refractivity contribution in [3.63, 3.8) is 0 Å². The Labute approximate surface area is 171 Å². The van der Waals surface area contributed by atoms with Crippen molar-refractivity contribution in [1.29, 1.82) is 0 Å². The van der Waals surface area contributed by atoms with Gasteiger partial charge in [-0.15, -0.1) is 0 Å². The molecule has 9 heteroatoms. The van der Waals surface area contributed by atoms with Gasteiger partial charge in [0, 0.05) is 28.6 Å². The second-order valence-electron chi connectivity index (χ2n) is 6.96. The minimum atomic E-state index is -0.486. The quantitative estimate of drug-likeness (QED) is 0.478. The standard InChI is InChI=1S/C19H19ClN4O3S/c1-19(2,3)15-10-21-16(27-15)7-5-12-9-22-18(28-12)24-17(26)23-14-6-4-11(25)8-13(14)20/h4-10,25H,1-3H3,(H2,22,23,24,26)/b7-5+. The first-order valence-electron chi connectivity index (χ1n) is 8.37. The lowest BCUT2D eigenvalue weighted by atomic mass is 9.94. The minimum Gasteiger partial charge on any atom is -0.508 e. The third kappa shape index (κ3) is 5.11. The van der Waals surface area contributed by atoms with Gasteiger partial charge in [-0.05, 0) is 18.2 Å². The fraction of sp³-hybridized carbons (Fsp3) is 0.211. The molecule has 28 heavy (non-hydrogen) atoms. The molecule has 0 saturated heterocycles. The summed E-state index contributed by atoms with van der Waals surface area (Å²) in [4.78, 5) is 21.3. The van der Waals surface area contributed by atoms with Crippen molar-refractivity contribution in [2.24, 2.45) is 0 Å². The molecule has 0 atom stereocenters. The number of benzene rings is 1. The molecule has 0 spiro atoms. The number of hydrogen-bond acceptors (Lipinski definition) is 6. The summed E-state index contributed by atoms with van der Waals surface area (Å²) in [6.07, 6.45) is 6.93. The molecule has 0 fully saturated rings. The van der Waals surface area contributed by atoms with Crippen LogP contribution in [0.25, 0.3) is 12.2 Å². The lowest BCUT2D eigenvalue weighted by molar-refractivity contribution is 0.262. The van der Waals surface area contributed by atoms with Crippen LogP contribution in [0.4, 0.5) is 15.6 Å². The Morgan fingerprint density at radius 3 is 2.68 bits per heavy atom. The molecule has 7 nitrogen and oxygen atoms in total. The van der Waals surface area contributed by atoms with E-state index in [1.807, 2.05) is 6.08 Å². The Hall–Kier alpha value is -2.84. The topological polar surface area (TPSA) is 100 Å². The van der Waals surface area contributed by atoms with Crippen LogP contribution in [-0.4, -0.2) is 21.1 Å². The van der Waals surface area contributed by atoms with Gasteiger partial charge in [0.2, 0.25) is 5.89 Å². The number of nitrogens with one attached hydrogen (secondary N) is 2. The molecule has 3 aromatic rings. The number of hydrogen-bond donors (Lipinski definition) is 3. The summed E-state index contributed by atoms with van der Waals surface area (Å²) in [5.74, 6) is 1.34. The van der Waals surface area contributed by atoms with Crippen LogP contribution < -0.4 is 10.6 Å². The van der Waals surface area contributed by atoms with E-state index in [9.17, 15) is 9.90 Å². The second kappa shape index (κ2) is 8.04. The van der Waals surface area contributed by atoms with Gasteiger partial charge in [-0.3, -0.25) is 5.32 Å². The predicted octanol–water partition coefficient (Wildman–Crippen LogP) is 5.60. The monoisotopic (exact) mass is 418 g/mol. The molecule has 0 saturated carbocycles. The van der Waals surface area contributed by atoms with Crippen molar-refractivity contribution in [2.45, 2.75) is 26.2 Å². The number of anilines is 2. The van der Waals surface area contributed by atoms with Crippen LogP contribution in [0.1, 0.15) is 37.3 Å². The number of thiazole rings is 1. The number of halogens is 1. The van der Waals surface area contributed by atoms with Crippen LogP contribution in [0.15, 0.2) is 35.0 Å².